The zero-order valence-corrected chi connectivity index (χ0v) is 14.4. The number of sulfonamides is 1. The summed E-state index contributed by atoms with van der Waals surface area (Å²) in [5, 5.41) is 22.6. The van der Waals surface area contributed by atoms with Gasteiger partial charge in [0.05, 0.1) is 22.5 Å². The molecule has 0 saturated heterocycles. The van der Waals surface area contributed by atoms with Gasteiger partial charge in [-0.2, -0.15) is 0 Å². The molecular weight excluding hydrogens is 350 g/mol. The number of carbonyl (C=O) groups is 1. The number of rotatable bonds is 9. The van der Waals surface area contributed by atoms with E-state index in [0.717, 1.165) is 43.5 Å². The Morgan fingerprint density at radius 3 is 2.44 bits per heavy atom. The lowest BCUT2D eigenvalue weighted by Crippen LogP contribution is -2.45. The van der Waals surface area contributed by atoms with E-state index in [1.807, 2.05) is 0 Å². The van der Waals surface area contributed by atoms with E-state index in [-0.39, 0.29) is 48.0 Å². The third-order valence-corrected chi connectivity index (χ3v) is 5.74. The molecule has 2 rings (SSSR count). The molecule has 10 heteroatoms. The molecule has 9 nitrogen and oxygen atoms in total. The second kappa shape index (κ2) is 8.37. The van der Waals surface area contributed by atoms with Gasteiger partial charge in [-0.05, 0) is 30.9 Å². The summed E-state index contributed by atoms with van der Waals surface area (Å²) in [6.07, 6.45) is 2.97. The minimum Gasteiger partial charge on any atom is -0.394 e. The Balaban J connectivity index is 1.82. The molecule has 25 heavy (non-hydrogen) atoms. The van der Waals surface area contributed by atoms with Crippen LogP contribution >= 0.6 is 0 Å². The number of hydrogen-bond donors (Lipinski definition) is 3. The number of aliphatic hydroxyl groups is 1. The summed E-state index contributed by atoms with van der Waals surface area (Å²) < 4.78 is 26.5. The standard InChI is InChI=1S/C15H21N3O6S/c19-10-14(11-2-1-3-11)17-15(20)8-9-16-25(23,24)13-6-4-12(5-7-13)18(21)22/h4-7,11,14,16,19H,1-3,8-10H2,(H,17,20). The second-order valence-electron chi connectivity index (χ2n) is 5.95. The first-order valence-electron chi connectivity index (χ1n) is 7.98. The molecule has 1 aromatic carbocycles. The predicted octanol–water partition coefficient (Wildman–Crippen LogP) is 0.540. The molecule has 1 atom stereocenters. The molecular formula is C15H21N3O6S. The SMILES string of the molecule is O=C(CCNS(=O)(=O)c1ccc([N+](=O)[O-])cc1)NC(CO)C1CCC1. The minimum absolute atomic E-state index is 0.0601. The maximum atomic E-state index is 12.1. The van der Waals surface area contributed by atoms with E-state index >= 15 is 0 Å². The van der Waals surface area contributed by atoms with Gasteiger partial charge in [-0.15, -0.1) is 0 Å². The van der Waals surface area contributed by atoms with Crippen LogP contribution in [0.5, 0.6) is 0 Å². The van der Waals surface area contributed by atoms with Crippen molar-refractivity contribution < 1.29 is 23.2 Å². The van der Waals surface area contributed by atoms with Crippen molar-refractivity contribution in [2.45, 2.75) is 36.6 Å². The van der Waals surface area contributed by atoms with Gasteiger partial charge in [-0.1, -0.05) is 6.42 Å². The van der Waals surface area contributed by atoms with Crippen molar-refractivity contribution in [2.75, 3.05) is 13.2 Å². The number of nitro benzene ring substituents is 1. The van der Waals surface area contributed by atoms with E-state index < -0.39 is 14.9 Å². The molecule has 0 bridgehead atoms. The van der Waals surface area contributed by atoms with Gasteiger partial charge in [0.25, 0.3) is 5.69 Å². The van der Waals surface area contributed by atoms with E-state index in [4.69, 9.17) is 0 Å². The summed E-state index contributed by atoms with van der Waals surface area (Å²) >= 11 is 0. The first-order valence-corrected chi connectivity index (χ1v) is 9.46. The monoisotopic (exact) mass is 371 g/mol. The molecule has 1 unspecified atom stereocenters. The van der Waals surface area contributed by atoms with Crippen molar-refractivity contribution in [1.82, 2.24) is 10.0 Å². The molecule has 0 spiro atoms. The minimum atomic E-state index is -3.84. The summed E-state index contributed by atoms with van der Waals surface area (Å²) in [7, 11) is -3.84. The Morgan fingerprint density at radius 1 is 1.32 bits per heavy atom. The van der Waals surface area contributed by atoms with Crippen LogP contribution in [-0.2, 0) is 14.8 Å². The fourth-order valence-corrected chi connectivity index (χ4v) is 3.59. The maximum absolute atomic E-state index is 12.1. The Morgan fingerprint density at radius 2 is 1.96 bits per heavy atom. The number of nitro groups is 1. The van der Waals surface area contributed by atoms with E-state index in [9.17, 15) is 28.4 Å². The van der Waals surface area contributed by atoms with Crippen LogP contribution in [0.3, 0.4) is 0 Å². The van der Waals surface area contributed by atoms with E-state index in [1.54, 1.807) is 0 Å². The molecule has 1 fully saturated rings. The predicted molar refractivity (Wildman–Crippen MR) is 89.3 cm³/mol. The van der Waals surface area contributed by atoms with Gasteiger partial charge >= 0.3 is 0 Å². The van der Waals surface area contributed by atoms with E-state index in [2.05, 4.69) is 10.0 Å². The molecule has 138 valence electrons. The number of nitrogens with one attached hydrogen (secondary N) is 2. The highest BCUT2D eigenvalue weighted by Gasteiger charge is 2.27. The largest absolute Gasteiger partial charge is 0.394 e. The number of amides is 1. The van der Waals surface area contributed by atoms with Gasteiger partial charge in [0.1, 0.15) is 0 Å². The highest BCUT2D eigenvalue weighted by atomic mass is 32.2. The first kappa shape index (κ1) is 19.3. The second-order valence-corrected chi connectivity index (χ2v) is 7.71. The summed E-state index contributed by atoms with van der Waals surface area (Å²) in [5.74, 6) is -0.0527. The van der Waals surface area contributed by atoms with Gasteiger partial charge < -0.3 is 10.4 Å². The lowest BCUT2D eigenvalue weighted by atomic mass is 9.80. The third kappa shape index (κ3) is 5.21. The zero-order valence-electron chi connectivity index (χ0n) is 13.6. The molecule has 0 aromatic heterocycles. The quantitative estimate of drug-likeness (QED) is 0.428. The van der Waals surface area contributed by atoms with Gasteiger partial charge in [-0.25, -0.2) is 13.1 Å². The van der Waals surface area contributed by atoms with Crippen molar-refractivity contribution >= 4 is 21.6 Å². The lowest BCUT2D eigenvalue weighted by molar-refractivity contribution is -0.384. The lowest BCUT2D eigenvalue weighted by Gasteiger charge is -2.33. The van der Waals surface area contributed by atoms with Crippen LogP contribution < -0.4 is 10.0 Å². The van der Waals surface area contributed by atoms with E-state index in [1.165, 1.54) is 0 Å². The van der Waals surface area contributed by atoms with Crippen molar-refractivity contribution in [3.05, 3.63) is 34.4 Å². The summed E-state index contributed by atoms with van der Waals surface area (Å²) in [6, 6.07) is 4.20. The zero-order chi connectivity index (χ0) is 18.4. The average Bonchev–Trinajstić information content (AvgIpc) is 2.52. The van der Waals surface area contributed by atoms with Crippen molar-refractivity contribution in [1.29, 1.82) is 0 Å². The number of aliphatic hydroxyl groups excluding tert-OH is 1. The molecule has 0 aliphatic heterocycles. The van der Waals surface area contributed by atoms with Crippen molar-refractivity contribution in [2.24, 2.45) is 5.92 Å². The van der Waals surface area contributed by atoms with Crippen LogP contribution in [0, 0.1) is 16.0 Å². The van der Waals surface area contributed by atoms with E-state index in [0.29, 0.717) is 0 Å². The van der Waals surface area contributed by atoms with Crippen LogP contribution in [0.15, 0.2) is 29.2 Å². The fourth-order valence-electron chi connectivity index (χ4n) is 2.56. The third-order valence-electron chi connectivity index (χ3n) is 4.26. The van der Waals surface area contributed by atoms with Crippen LogP contribution in [-0.4, -0.2) is 43.5 Å². The van der Waals surface area contributed by atoms with Gasteiger partial charge in [-0.3, -0.25) is 14.9 Å². The maximum Gasteiger partial charge on any atom is 0.269 e. The molecule has 1 aliphatic rings. The summed E-state index contributed by atoms with van der Waals surface area (Å²) in [6.45, 7) is -0.237. The van der Waals surface area contributed by atoms with Gasteiger partial charge in [0.15, 0.2) is 0 Å². The molecule has 0 radical (unpaired) electrons. The van der Waals surface area contributed by atoms with Crippen molar-refractivity contribution in [3.63, 3.8) is 0 Å². The van der Waals surface area contributed by atoms with Gasteiger partial charge in [0, 0.05) is 25.1 Å². The molecule has 1 amide bonds. The number of benzene rings is 1. The molecule has 1 saturated carbocycles. The molecule has 1 aliphatic carbocycles. The number of carbonyl (C=O) groups excluding carboxylic acids is 1. The Kier molecular flexibility index (Phi) is 6.45. The number of nitrogens with zero attached hydrogens (tertiary/aromatic N) is 1. The summed E-state index contributed by atoms with van der Waals surface area (Å²) in [4.78, 5) is 21.7. The smallest absolute Gasteiger partial charge is 0.269 e. The van der Waals surface area contributed by atoms with Crippen LogP contribution in [0.2, 0.25) is 0 Å². The van der Waals surface area contributed by atoms with Crippen LogP contribution in [0.25, 0.3) is 0 Å². The number of hydrogen-bond acceptors (Lipinski definition) is 6. The Hall–Kier alpha value is -2.04. The normalized spacial score (nSPS) is 16.0. The topological polar surface area (TPSA) is 139 Å². The van der Waals surface area contributed by atoms with Crippen LogP contribution in [0.1, 0.15) is 25.7 Å². The number of non-ortho nitro benzene ring substituents is 1. The highest BCUT2D eigenvalue weighted by Crippen LogP contribution is 2.29. The molecule has 0 heterocycles. The molecule has 3 N–H and O–H groups in total. The summed E-state index contributed by atoms with van der Waals surface area (Å²) in [5.41, 5.74) is -0.204. The Labute approximate surface area is 145 Å². The Bertz CT molecular complexity index is 715. The average molecular weight is 371 g/mol. The fraction of sp³-hybridized carbons (Fsp3) is 0.533. The van der Waals surface area contributed by atoms with Crippen LogP contribution in [0.4, 0.5) is 5.69 Å². The van der Waals surface area contributed by atoms with Gasteiger partial charge in [0.2, 0.25) is 15.9 Å². The first-order chi connectivity index (χ1) is 11.8. The molecule has 1 aromatic rings. The highest BCUT2D eigenvalue weighted by molar-refractivity contribution is 7.89. The van der Waals surface area contributed by atoms with Crippen molar-refractivity contribution in [3.8, 4) is 0 Å².